The molecule has 0 aliphatic carbocycles. The van der Waals surface area contributed by atoms with E-state index >= 15 is 0 Å². The van der Waals surface area contributed by atoms with E-state index in [0.717, 1.165) is 11.1 Å². The quantitative estimate of drug-likeness (QED) is 0.394. The molecule has 0 radical (unpaired) electrons. The molecule has 0 spiro atoms. The summed E-state index contributed by atoms with van der Waals surface area (Å²) in [5, 5.41) is 13.6. The largest absolute Gasteiger partial charge is 0.493 e. The molecule has 0 unspecified atom stereocenters. The first-order valence-corrected chi connectivity index (χ1v) is 10.0. The number of rotatable bonds is 8. The normalized spacial score (nSPS) is 10.5. The highest BCUT2D eigenvalue weighted by Gasteiger charge is 2.13. The molecule has 0 saturated carbocycles. The maximum atomic E-state index is 11.2. The molecular weight excluding hydrogens is 449 g/mol. The third-order valence-corrected chi connectivity index (χ3v) is 5.40. The first kappa shape index (κ1) is 22.1. The van der Waals surface area contributed by atoms with Crippen LogP contribution in [0.4, 0.5) is 5.69 Å². The van der Waals surface area contributed by atoms with E-state index in [9.17, 15) is 9.90 Å². The molecule has 3 rings (SSSR count). The zero-order valence-electron chi connectivity index (χ0n) is 15.9. The van der Waals surface area contributed by atoms with Crippen LogP contribution < -0.4 is 14.8 Å². The summed E-state index contributed by atoms with van der Waals surface area (Å²) >= 11 is 18.5. The molecular formula is C22H18Cl3NO4. The molecule has 0 heterocycles. The predicted octanol–water partition coefficient (Wildman–Crippen LogP) is 6.54. The van der Waals surface area contributed by atoms with E-state index in [0.29, 0.717) is 33.8 Å². The smallest absolute Gasteiger partial charge is 0.337 e. The fourth-order valence-electron chi connectivity index (χ4n) is 2.75. The van der Waals surface area contributed by atoms with Crippen LogP contribution in [0.2, 0.25) is 15.1 Å². The number of ether oxygens (including phenoxy) is 2. The van der Waals surface area contributed by atoms with Gasteiger partial charge in [0.1, 0.15) is 6.61 Å². The number of hydrogen-bond donors (Lipinski definition) is 2. The van der Waals surface area contributed by atoms with Crippen molar-refractivity contribution in [1.82, 2.24) is 0 Å². The lowest BCUT2D eigenvalue weighted by Gasteiger charge is -2.15. The van der Waals surface area contributed by atoms with Crippen molar-refractivity contribution in [1.29, 1.82) is 0 Å². The molecule has 156 valence electrons. The van der Waals surface area contributed by atoms with Gasteiger partial charge in [0.15, 0.2) is 11.5 Å². The van der Waals surface area contributed by atoms with Crippen molar-refractivity contribution in [3.8, 4) is 11.5 Å². The lowest BCUT2D eigenvalue weighted by Crippen LogP contribution is -2.04. The number of carbonyl (C=O) groups is 1. The average Bonchev–Trinajstić information content (AvgIpc) is 2.73. The number of anilines is 1. The van der Waals surface area contributed by atoms with Crippen LogP contribution >= 0.6 is 34.8 Å². The zero-order chi connectivity index (χ0) is 21.7. The summed E-state index contributed by atoms with van der Waals surface area (Å²) in [7, 11) is 1.54. The number of aromatic carboxylic acids is 1. The van der Waals surface area contributed by atoms with E-state index in [1.807, 2.05) is 18.2 Å². The molecule has 0 saturated heterocycles. The minimum atomic E-state index is -1.09. The van der Waals surface area contributed by atoms with Gasteiger partial charge in [-0.2, -0.15) is 0 Å². The lowest BCUT2D eigenvalue weighted by atomic mass is 10.1. The summed E-state index contributed by atoms with van der Waals surface area (Å²) in [5.41, 5.74) is 2.23. The van der Waals surface area contributed by atoms with Gasteiger partial charge >= 0.3 is 5.97 Å². The summed E-state index contributed by atoms with van der Waals surface area (Å²) in [5.74, 6) is -0.0835. The van der Waals surface area contributed by atoms with E-state index in [1.165, 1.54) is 12.1 Å². The molecule has 0 aliphatic rings. The van der Waals surface area contributed by atoms with Crippen molar-refractivity contribution >= 4 is 46.5 Å². The number of nitrogens with one attached hydrogen (secondary N) is 1. The number of halogens is 3. The Kier molecular flexibility index (Phi) is 7.32. The summed E-state index contributed by atoms with van der Waals surface area (Å²) in [6.45, 7) is 0.618. The molecule has 5 nitrogen and oxygen atoms in total. The summed E-state index contributed by atoms with van der Waals surface area (Å²) in [6.07, 6.45) is 0. The van der Waals surface area contributed by atoms with Crippen molar-refractivity contribution < 1.29 is 19.4 Å². The fraction of sp³-hybridized carbons (Fsp3) is 0.136. The molecule has 2 N–H and O–H groups in total. The predicted molar refractivity (Wildman–Crippen MR) is 120 cm³/mol. The topological polar surface area (TPSA) is 67.8 Å². The van der Waals surface area contributed by atoms with Crippen LogP contribution in [0.3, 0.4) is 0 Å². The van der Waals surface area contributed by atoms with Gasteiger partial charge in [-0.1, -0.05) is 53.0 Å². The van der Waals surface area contributed by atoms with E-state index < -0.39 is 5.97 Å². The van der Waals surface area contributed by atoms with Gasteiger partial charge in [-0.05, 0) is 35.9 Å². The van der Waals surface area contributed by atoms with E-state index in [-0.39, 0.29) is 17.2 Å². The molecule has 0 atom stereocenters. The van der Waals surface area contributed by atoms with Crippen LogP contribution in [0.5, 0.6) is 11.5 Å². The molecule has 3 aromatic carbocycles. The summed E-state index contributed by atoms with van der Waals surface area (Å²) < 4.78 is 11.3. The summed E-state index contributed by atoms with van der Waals surface area (Å²) in [4.78, 5) is 11.2. The number of hydrogen-bond acceptors (Lipinski definition) is 4. The van der Waals surface area contributed by atoms with Crippen LogP contribution in [0.25, 0.3) is 0 Å². The van der Waals surface area contributed by atoms with Crippen LogP contribution in [0.15, 0.2) is 54.6 Å². The standard InChI is InChI=1S/C22H18Cl3NO4/c1-29-20-8-14(11-26-15-6-7-18(24)16(9-15)22(27)28)19(25)10-21(20)30-12-13-4-2-3-5-17(13)23/h2-10,26H,11-12H2,1H3,(H,27,28). The second-order valence-corrected chi connectivity index (χ2v) is 7.55. The van der Waals surface area contributed by atoms with Gasteiger partial charge in [-0.15, -0.1) is 0 Å². The van der Waals surface area contributed by atoms with Crippen molar-refractivity contribution in [3.63, 3.8) is 0 Å². The Balaban J connectivity index is 1.74. The first-order chi connectivity index (χ1) is 14.4. The highest BCUT2D eigenvalue weighted by Crippen LogP contribution is 2.35. The first-order valence-electron chi connectivity index (χ1n) is 8.88. The van der Waals surface area contributed by atoms with Gasteiger partial charge in [0.2, 0.25) is 0 Å². The van der Waals surface area contributed by atoms with Crippen molar-refractivity contribution in [3.05, 3.63) is 86.4 Å². The maximum Gasteiger partial charge on any atom is 0.337 e. The van der Waals surface area contributed by atoms with Gasteiger partial charge in [0.25, 0.3) is 0 Å². The van der Waals surface area contributed by atoms with Gasteiger partial charge in [-0.3, -0.25) is 0 Å². The van der Waals surface area contributed by atoms with Crippen molar-refractivity contribution in [2.75, 3.05) is 12.4 Å². The van der Waals surface area contributed by atoms with E-state index in [2.05, 4.69) is 5.32 Å². The Bertz CT molecular complexity index is 1070. The molecule has 0 fully saturated rings. The van der Waals surface area contributed by atoms with Gasteiger partial charge < -0.3 is 19.9 Å². The number of carboxylic acid groups (broad SMARTS) is 1. The van der Waals surface area contributed by atoms with Crippen LogP contribution in [-0.2, 0) is 13.2 Å². The van der Waals surface area contributed by atoms with Gasteiger partial charge in [0, 0.05) is 33.9 Å². The fourth-order valence-corrected chi connectivity index (χ4v) is 3.36. The highest BCUT2D eigenvalue weighted by molar-refractivity contribution is 6.33. The van der Waals surface area contributed by atoms with Gasteiger partial charge in [-0.25, -0.2) is 4.79 Å². The SMILES string of the molecule is COc1cc(CNc2ccc(Cl)c(C(=O)O)c2)c(Cl)cc1OCc1ccccc1Cl. The Morgan fingerprint density at radius 1 is 0.933 bits per heavy atom. The second kappa shape index (κ2) is 9.94. The van der Waals surface area contributed by atoms with Crippen LogP contribution in [-0.4, -0.2) is 18.2 Å². The van der Waals surface area contributed by atoms with E-state index in [4.69, 9.17) is 44.3 Å². The molecule has 0 amide bonds. The Morgan fingerprint density at radius 2 is 1.70 bits per heavy atom. The van der Waals surface area contributed by atoms with Crippen LogP contribution in [0, 0.1) is 0 Å². The Morgan fingerprint density at radius 3 is 2.40 bits per heavy atom. The lowest BCUT2D eigenvalue weighted by molar-refractivity contribution is 0.0697. The Hall–Kier alpha value is -2.60. The molecule has 30 heavy (non-hydrogen) atoms. The van der Waals surface area contributed by atoms with E-state index in [1.54, 1.807) is 31.4 Å². The zero-order valence-corrected chi connectivity index (χ0v) is 18.2. The number of carboxylic acids is 1. The maximum absolute atomic E-state index is 11.2. The summed E-state index contributed by atoms with van der Waals surface area (Å²) in [6, 6.07) is 15.6. The second-order valence-electron chi connectivity index (χ2n) is 6.33. The molecule has 8 heteroatoms. The molecule has 0 aliphatic heterocycles. The monoisotopic (exact) mass is 465 g/mol. The number of methoxy groups -OCH3 is 1. The molecule has 3 aromatic rings. The number of benzene rings is 3. The average molecular weight is 467 g/mol. The van der Waals surface area contributed by atoms with Crippen molar-refractivity contribution in [2.45, 2.75) is 13.2 Å². The van der Waals surface area contributed by atoms with Crippen molar-refractivity contribution in [2.24, 2.45) is 0 Å². The molecule has 0 aromatic heterocycles. The Labute approximate surface area is 189 Å². The van der Waals surface area contributed by atoms with Gasteiger partial charge in [0.05, 0.1) is 17.7 Å². The molecule has 0 bridgehead atoms. The van der Waals surface area contributed by atoms with Crippen LogP contribution in [0.1, 0.15) is 21.5 Å². The third kappa shape index (κ3) is 5.30. The highest BCUT2D eigenvalue weighted by atomic mass is 35.5. The minimum absolute atomic E-state index is 0.0219. The minimum Gasteiger partial charge on any atom is -0.493 e. The third-order valence-electron chi connectivity index (χ3n) is 4.35.